The number of carbonyl (C=O) groups excluding carboxylic acids is 3. The standard InChI is InChI=1S/C24H20N4O5/c29-22(25-19-4-2-1-3-5-19)18-10-6-17(7-11-18)15-27-23(30)21(26-24(27)31)14-16-8-12-20(13-9-16)28(32)33/h1-13,21H,14-15H2,(H,25,29)(H,26,31). The van der Waals surface area contributed by atoms with Gasteiger partial charge < -0.3 is 10.6 Å². The first-order valence-corrected chi connectivity index (χ1v) is 10.2. The lowest BCUT2D eigenvalue weighted by molar-refractivity contribution is -0.384. The van der Waals surface area contributed by atoms with Crippen LogP contribution in [0.25, 0.3) is 0 Å². The number of urea groups is 1. The zero-order valence-electron chi connectivity index (χ0n) is 17.4. The van der Waals surface area contributed by atoms with E-state index in [2.05, 4.69) is 10.6 Å². The largest absolute Gasteiger partial charge is 0.325 e. The Hall–Kier alpha value is -4.53. The summed E-state index contributed by atoms with van der Waals surface area (Å²) in [5.41, 5.74) is 2.50. The zero-order chi connectivity index (χ0) is 23.4. The van der Waals surface area contributed by atoms with Gasteiger partial charge in [0.05, 0.1) is 11.5 Å². The molecule has 9 heteroatoms. The van der Waals surface area contributed by atoms with Crippen molar-refractivity contribution in [3.05, 3.63) is 106 Å². The molecule has 4 rings (SSSR count). The smallest absolute Gasteiger partial charge is 0.325 e. The van der Waals surface area contributed by atoms with E-state index in [1.807, 2.05) is 18.2 Å². The number of rotatable bonds is 7. The molecule has 9 nitrogen and oxygen atoms in total. The van der Waals surface area contributed by atoms with E-state index >= 15 is 0 Å². The molecule has 0 bridgehead atoms. The minimum absolute atomic E-state index is 0.0388. The number of nitrogens with zero attached hydrogens (tertiary/aromatic N) is 2. The number of hydrogen-bond donors (Lipinski definition) is 2. The molecule has 1 aliphatic heterocycles. The monoisotopic (exact) mass is 444 g/mol. The third kappa shape index (κ3) is 5.04. The summed E-state index contributed by atoms with van der Waals surface area (Å²) in [6.07, 6.45) is 0.234. The predicted octanol–water partition coefficient (Wildman–Crippen LogP) is 3.51. The summed E-state index contributed by atoms with van der Waals surface area (Å²) in [6, 6.07) is 20.4. The SMILES string of the molecule is O=C(Nc1ccccc1)c1ccc(CN2C(=O)NC(Cc3ccc([N+](=O)[O-])cc3)C2=O)cc1. The van der Waals surface area contributed by atoms with Crippen molar-refractivity contribution in [2.24, 2.45) is 0 Å². The highest BCUT2D eigenvalue weighted by molar-refractivity contribution is 6.05. The zero-order valence-corrected chi connectivity index (χ0v) is 17.4. The topological polar surface area (TPSA) is 122 Å². The number of nitro groups is 1. The Morgan fingerprint density at radius 1 is 0.939 bits per heavy atom. The fourth-order valence-corrected chi connectivity index (χ4v) is 3.52. The van der Waals surface area contributed by atoms with Gasteiger partial charge in [0.1, 0.15) is 6.04 Å². The van der Waals surface area contributed by atoms with Crippen LogP contribution in [0.4, 0.5) is 16.2 Å². The van der Waals surface area contributed by atoms with E-state index < -0.39 is 17.0 Å². The summed E-state index contributed by atoms with van der Waals surface area (Å²) >= 11 is 0. The fourth-order valence-electron chi connectivity index (χ4n) is 3.52. The molecular formula is C24H20N4O5. The van der Waals surface area contributed by atoms with Gasteiger partial charge in [0.25, 0.3) is 17.5 Å². The predicted molar refractivity (Wildman–Crippen MR) is 121 cm³/mol. The lowest BCUT2D eigenvalue weighted by Gasteiger charge is -2.13. The van der Waals surface area contributed by atoms with Gasteiger partial charge in [0, 0.05) is 29.8 Å². The number of amides is 4. The molecule has 1 fully saturated rings. The Kier molecular flexibility index (Phi) is 6.12. The average molecular weight is 444 g/mol. The van der Waals surface area contributed by atoms with Gasteiger partial charge in [0.2, 0.25) is 0 Å². The van der Waals surface area contributed by atoms with E-state index in [0.717, 1.165) is 4.90 Å². The number of para-hydroxylation sites is 1. The van der Waals surface area contributed by atoms with Gasteiger partial charge in [-0.2, -0.15) is 0 Å². The van der Waals surface area contributed by atoms with Crippen LogP contribution in [0.5, 0.6) is 0 Å². The van der Waals surface area contributed by atoms with Crippen molar-refractivity contribution in [1.29, 1.82) is 0 Å². The molecule has 33 heavy (non-hydrogen) atoms. The number of non-ortho nitro benzene ring substituents is 1. The fraction of sp³-hybridized carbons (Fsp3) is 0.125. The molecular weight excluding hydrogens is 424 g/mol. The van der Waals surface area contributed by atoms with Gasteiger partial charge in [-0.3, -0.25) is 24.6 Å². The van der Waals surface area contributed by atoms with E-state index in [1.54, 1.807) is 48.5 Å². The summed E-state index contributed by atoms with van der Waals surface area (Å²) in [6.45, 7) is 0.0714. The first kappa shape index (κ1) is 21.7. The van der Waals surface area contributed by atoms with Crippen molar-refractivity contribution in [3.8, 4) is 0 Å². The number of benzene rings is 3. The Morgan fingerprint density at radius 2 is 1.58 bits per heavy atom. The van der Waals surface area contributed by atoms with E-state index in [-0.39, 0.29) is 30.5 Å². The first-order chi connectivity index (χ1) is 15.9. The van der Waals surface area contributed by atoms with E-state index in [1.165, 1.54) is 12.1 Å². The summed E-state index contributed by atoms with van der Waals surface area (Å²) in [7, 11) is 0. The number of nitro benzene ring substituents is 1. The van der Waals surface area contributed by atoms with E-state index in [0.29, 0.717) is 22.4 Å². The van der Waals surface area contributed by atoms with Crippen molar-refractivity contribution in [3.63, 3.8) is 0 Å². The van der Waals surface area contributed by atoms with Crippen LogP contribution in [0.1, 0.15) is 21.5 Å². The van der Waals surface area contributed by atoms with Gasteiger partial charge in [-0.15, -0.1) is 0 Å². The Morgan fingerprint density at radius 3 is 2.21 bits per heavy atom. The summed E-state index contributed by atoms with van der Waals surface area (Å²) < 4.78 is 0. The highest BCUT2D eigenvalue weighted by atomic mass is 16.6. The maximum absolute atomic E-state index is 12.7. The molecule has 1 aliphatic rings. The van der Waals surface area contributed by atoms with Crippen molar-refractivity contribution >= 4 is 29.2 Å². The maximum atomic E-state index is 12.7. The van der Waals surface area contributed by atoms with Crippen LogP contribution < -0.4 is 10.6 Å². The van der Waals surface area contributed by atoms with Crippen LogP contribution in [-0.4, -0.2) is 33.7 Å². The van der Waals surface area contributed by atoms with Crippen LogP contribution >= 0.6 is 0 Å². The van der Waals surface area contributed by atoms with Crippen LogP contribution in [-0.2, 0) is 17.8 Å². The van der Waals surface area contributed by atoms with Gasteiger partial charge in [0.15, 0.2) is 0 Å². The highest BCUT2D eigenvalue weighted by Gasteiger charge is 2.37. The van der Waals surface area contributed by atoms with Crippen LogP contribution in [0.2, 0.25) is 0 Å². The third-order valence-corrected chi connectivity index (χ3v) is 5.28. The minimum atomic E-state index is -0.741. The van der Waals surface area contributed by atoms with Crippen molar-refractivity contribution in [2.75, 3.05) is 5.32 Å². The second-order valence-electron chi connectivity index (χ2n) is 7.57. The van der Waals surface area contributed by atoms with Crippen molar-refractivity contribution < 1.29 is 19.3 Å². The number of nitrogens with one attached hydrogen (secondary N) is 2. The van der Waals surface area contributed by atoms with Gasteiger partial charge in [-0.1, -0.05) is 42.5 Å². The molecule has 3 aromatic carbocycles. The number of carbonyl (C=O) groups is 3. The molecule has 0 aromatic heterocycles. The molecule has 2 N–H and O–H groups in total. The maximum Gasteiger partial charge on any atom is 0.325 e. The molecule has 166 valence electrons. The number of imide groups is 1. The Labute approximate surface area is 189 Å². The molecule has 0 spiro atoms. The summed E-state index contributed by atoms with van der Waals surface area (Å²) in [4.78, 5) is 48.9. The van der Waals surface area contributed by atoms with Crippen LogP contribution in [0.3, 0.4) is 0 Å². The molecule has 3 aromatic rings. The second-order valence-corrected chi connectivity index (χ2v) is 7.57. The Balaban J connectivity index is 1.37. The molecule has 1 atom stereocenters. The van der Waals surface area contributed by atoms with Gasteiger partial charge in [-0.25, -0.2) is 4.79 Å². The molecule has 4 amide bonds. The molecule has 1 saturated heterocycles. The average Bonchev–Trinajstić information content (AvgIpc) is 3.08. The quantitative estimate of drug-likeness (QED) is 0.328. The van der Waals surface area contributed by atoms with Crippen LogP contribution in [0, 0.1) is 10.1 Å². The number of anilines is 1. The normalized spacial score (nSPS) is 15.3. The lowest BCUT2D eigenvalue weighted by atomic mass is 10.1. The first-order valence-electron chi connectivity index (χ1n) is 10.2. The molecule has 0 radical (unpaired) electrons. The highest BCUT2D eigenvalue weighted by Crippen LogP contribution is 2.18. The molecule has 1 unspecified atom stereocenters. The second kappa shape index (κ2) is 9.31. The van der Waals surface area contributed by atoms with Crippen LogP contribution in [0.15, 0.2) is 78.9 Å². The third-order valence-electron chi connectivity index (χ3n) is 5.28. The Bertz CT molecular complexity index is 1190. The minimum Gasteiger partial charge on any atom is -0.325 e. The molecule has 0 aliphatic carbocycles. The molecule has 1 heterocycles. The lowest BCUT2D eigenvalue weighted by Crippen LogP contribution is -2.32. The number of hydrogen-bond acceptors (Lipinski definition) is 5. The molecule has 0 saturated carbocycles. The van der Waals surface area contributed by atoms with Crippen molar-refractivity contribution in [1.82, 2.24) is 10.2 Å². The van der Waals surface area contributed by atoms with Gasteiger partial charge >= 0.3 is 6.03 Å². The van der Waals surface area contributed by atoms with E-state index in [4.69, 9.17) is 0 Å². The summed E-state index contributed by atoms with van der Waals surface area (Å²) in [5, 5.41) is 16.2. The van der Waals surface area contributed by atoms with E-state index in [9.17, 15) is 24.5 Å². The van der Waals surface area contributed by atoms with Gasteiger partial charge in [-0.05, 0) is 35.4 Å². The van der Waals surface area contributed by atoms with Crippen molar-refractivity contribution in [2.45, 2.75) is 19.0 Å². The summed E-state index contributed by atoms with van der Waals surface area (Å²) in [5.74, 6) is -0.629.